The molecule has 2 atom stereocenters. The van der Waals surface area contributed by atoms with E-state index in [2.05, 4.69) is 5.32 Å². The largest absolute Gasteiger partial charge is 0.370 e. The van der Waals surface area contributed by atoms with Crippen molar-refractivity contribution in [3.05, 3.63) is 33.8 Å². The second-order valence-electron chi connectivity index (χ2n) is 4.80. The molecule has 0 bridgehead atoms. The lowest BCUT2D eigenvalue weighted by molar-refractivity contribution is 0.0286. The van der Waals surface area contributed by atoms with Gasteiger partial charge in [0.1, 0.15) is 6.10 Å². The van der Waals surface area contributed by atoms with E-state index in [1.807, 2.05) is 0 Å². The summed E-state index contributed by atoms with van der Waals surface area (Å²) in [6, 6.07) is 4.65. The maximum Gasteiger partial charge on any atom is 0.277 e. The monoisotopic (exact) mass is 353 g/mol. The number of ether oxygens (including phenoxy) is 1. The third-order valence-electron chi connectivity index (χ3n) is 3.42. The van der Waals surface area contributed by atoms with Crippen molar-refractivity contribution in [3.63, 3.8) is 0 Å². The van der Waals surface area contributed by atoms with Crippen molar-refractivity contribution in [2.24, 2.45) is 5.14 Å². The van der Waals surface area contributed by atoms with Crippen LogP contribution in [0.4, 0.5) is 0 Å². The Morgan fingerprint density at radius 2 is 2.10 bits per heavy atom. The van der Waals surface area contributed by atoms with Crippen LogP contribution in [0, 0.1) is 0 Å². The summed E-state index contributed by atoms with van der Waals surface area (Å²) in [5, 5.41) is 9.18. The Labute approximate surface area is 134 Å². The summed E-state index contributed by atoms with van der Waals surface area (Å²) < 4.78 is 30.1. The molecular weight excluding hydrogens is 337 g/mol. The summed E-state index contributed by atoms with van der Waals surface area (Å²) in [7, 11) is -2.39. The maximum atomic E-state index is 11.6. The second-order valence-corrected chi connectivity index (χ2v) is 7.22. The van der Waals surface area contributed by atoms with Gasteiger partial charge < -0.3 is 10.1 Å². The fourth-order valence-corrected chi connectivity index (χ4v) is 3.11. The van der Waals surface area contributed by atoms with Crippen molar-refractivity contribution in [2.75, 3.05) is 26.7 Å². The highest BCUT2D eigenvalue weighted by Crippen LogP contribution is 2.31. The predicted octanol–water partition coefficient (Wildman–Crippen LogP) is 1.16. The molecule has 0 unspecified atom stereocenters. The van der Waals surface area contributed by atoms with Crippen molar-refractivity contribution in [3.8, 4) is 0 Å². The van der Waals surface area contributed by atoms with E-state index in [1.54, 1.807) is 18.2 Å². The number of nitrogens with two attached hydrogens (primary N) is 1. The Balaban J connectivity index is 2.37. The van der Waals surface area contributed by atoms with Gasteiger partial charge in [0.2, 0.25) is 0 Å². The smallest absolute Gasteiger partial charge is 0.277 e. The molecule has 1 heterocycles. The molecule has 21 heavy (non-hydrogen) atoms. The minimum atomic E-state index is -3.82. The number of rotatable bonds is 3. The number of likely N-dealkylation sites (N-methyl/N-ethyl adjacent to an activating group) is 1. The van der Waals surface area contributed by atoms with Crippen molar-refractivity contribution >= 4 is 33.4 Å². The van der Waals surface area contributed by atoms with Crippen LogP contribution in [-0.4, -0.2) is 45.5 Å². The zero-order chi connectivity index (χ0) is 15.6. The van der Waals surface area contributed by atoms with Gasteiger partial charge in [0.05, 0.1) is 22.7 Å². The molecule has 3 N–H and O–H groups in total. The van der Waals surface area contributed by atoms with E-state index in [4.69, 9.17) is 33.1 Å². The summed E-state index contributed by atoms with van der Waals surface area (Å²) >= 11 is 11.9. The Morgan fingerprint density at radius 1 is 1.38 bits per heavy atom. The van der Waals surface area contributed by atoms with Crippen LogP contribution < -0.4 is 10.5 Å². The number of benzene rings is 1. The van der Waals surface area contributed by atoms with E-state index in [-0.39, 0.29) is 0 Å². The van der Waals surface area contributed by atoms with Gasteiger partial charge in [0.25, 0.3) is 10.2 Å². The third kappa shape index (κ3) is 4.07. The standard InChI is InChI=1S/C12H17Cl2N3O3S/c1-17(21(15,18)19)11-7-16-4-5-20-12(11)8-2-3-9(13)10(14)6-8/h2-3,6,11-12,16H,4-5,7H2,1H3,(H2,15,18,19)/t11-,12+/m1/s1. The first-order valence-electron chi connectivity index (χ1n) is 6.33. The maximum absolute atomic E-state index is 11.6. The lowest BCUT2D eigenvalue weighted by atomic mass is 10.0. The molecule has 1 aliphatic heterocycles. The highest BCUT2D eigenvalue weighted by Gasteiger charge is 2.34. The van der Waals surface area contributed by atoms with E-state index in [0.29, 0.717) is 29.7 Å². The molecule has 1 aliphatic rings. The summed E-state index contributed by atoms with van der Waals surface area (Å²) in [5.74, 6) is 0. The van der Waals surface area contributed by atoms with Gasteiger partial charge in [-0.1, -0.05) is 29.3 Å². The molecule has 0 radical (unpaired) electrons. The normalized spacial score (nSPS) is 24.0. The summed E-state index contributed by atoms with van der Waals surface area (Å²) in [4.78, 5) is 0. The van der Waals surface area contributed by atoms with Gasteiger partial charge in [-0.15, -0.1) is 0 Å². The molecule has 6 nitrogen and oxygen atoms in total. The minimum Gasteiger partial charge on any atom is -0.370 e. The van der Waals surface area contributed by atoms with Crippen molar-refractivity contribution < 1.29 is 13.2 Å². The van der Waals surface area contributed by atoms with Gasteiger partial charge in [0, 0.05) is 20.1 Å². The number of hydrogen-bond donors (Lipinski definition) is 2. The van der Waals surface area contributed by atoms with Crippen molar-refractivity contribution in [1.82, 2.24) is 9.62 Å². The summed E-state index contributed by atoms with van der Waals surface area (Å²) in [6.07, 6.45) is -0.474. The van der Waals surface area contributed by atoms with E-state index < -0.39 is 22.4 Å². The average molecular weight is 354 g/mol. The third-order valence-corrected chi connectivity index (χ3v) is 5.23. The van der Waals surface area contributed by atoms with Gasteiger partial charge in [-0.2, -0.15) is 12.7 Å². The minimum absolute atomic E-state index is 0.395. The van der Waals surface area contributed by atoms with Crippen LogP contribution in [0.1, 0.15) is 11.7 Å². The number of nitrogens with zero attached hydrogens (tertiary/aromatic N) is 1. The predicted molar refractivity (Wildman–Crippen MR) is 82.7 cm³/mol. The number of nitrogens with one attached hydrogen (secondary N) is 1. The molecular formula is C12H17Cl2N3O3S. The highest BCUT2D eigenvalue weighted by molar-refractivity contribution is 7.86. The molecule has 2 rings (SSSR count). The van der Waals surface area contributed by atoms with Crippen molar-refractivity contribution in [1.29, 1.82) is 0 Å². The van der Waals surface area contributed by atoms with Crippen LogP contribution in [0.5, 0.6) is 0 Å². The van der Waals surface area contributed by atoms with Crippen LogP contribution >= 0.6 is 23.2 Å². The van der Waals surface area contributed by atoms with E-state index in [1.165, 1.54) is 7.05 Å². The first-order valence-corrected chi connectivity index (χ1v) is 8.59. The van der Waals surface area contributed by atoms with Crippen LogP contribution in [0.2, 0.25) is 10.0 Å². The van der Waals surface area contributed by atoms with E-state index >= 15 is 0 Å². The molecule has 0 aliphatic carbocycles. The highest BCUT2D eigenvalue weighted by atomic mass is 35.5. The van der Waals surface area contributed by atoms with Crippen LogP contribution in [-0.2, 0) is 14.9 Å². The van der Waals surface area contributed by atoms with E-state index in [0.717, 1.165) is 9.87 Å². The Morgan fingerprint density at radius 3 is 2.71 bits per heavy atom. The SMILES string of the molecule is CN([C@@H]1CNCCO[C@H]1c1ccc(Cl)c(Cl)c1)S(N)(=O)=O. The molecule has 1 aromatic rings. The van der Waals surface area contributed by atoms with Gasteiger partial charge in [-0.05, 0) is 17.7 Å². The molecule has 118 valence electrons. The molecule has 1 saturated heterocycles. The van der Waals surface area contributed by atoms with Crippen LogP contribution in [0.15, 0.2) is 18.2 Å². The molecule has 1 fully saturated rings. The quantitative estimate of drug-likeness (QED) is 0.853. The van der Waals surface area contributed by atoms with Crippen LogP contribution in [0.3, 0.4) is 0 Å². The fraction of sp³-hybridized carbons (Fsp3) is 0.500. The number of halogens is 2. The lowest BCUT2D eigenvalue weighted by Gasteiger charge is -2.31. The Kier molecular flexibility index (Phi) is 5.48. The number of hydrogen-bond acceptors (Lipinski definition) is 4. The fourth-order valence-electron chi connectivity index (χ4n) is 2.24. The van der Waals surface area contributed by atoms with Crippen LogP contribution in [0.25, 0.3) is 0 Å². The van der Waals surface area contributed by atoms with Gasteiger partial charge in [0.15, 0.2) is 0 Å². The topological polar surface area (TPSA) is 84.7 Å². The molecule has 1 aromatic carbocycles. The lowest BCUT2D eigenvalue weighted by Crippen LogP contribution is -2.48. The van der Waals surface area contributed by atoms with Gasteiger partial charge in [-0.25, -0.2) is 5.14 Å². The van der Waals surface area contributed by atoms with Gasteiger partial charge >= 0.3 is 0 Å². The van der Waals surface area contributed by atoms with Crippen molar-refractivity contribution in [2.45, 2.75) is 12.1 Å². The molecule has 0 spiro atoms. The molecule has 0 saturated carbocycles. The summed E-state index contributed by atoms with van der Waals surface area (Å²) in [5.41, 5.74) is 0.758. The zero-order valence-corrected chi connectivity index (χ0v) is 13.7. The Bertz CT molecular complexity index is 612. The second kappa shape index (κ2) is 6.78. The molecule has 0 amide bonds. The molecule has 0 aromatic heterocycles. The average Bonchev–Trinajstić information content (AvgIpc) is 2.65. The zero-order valence-electron chi connectivity index (χ0n) is 11.4. The van der Waals surface area contributed by atoms with E-state index in [9.17, 15) is 8.42 Å². The first kappa shape index (κ1) is 17.0. The first-order chi connectivity index (χ1) is 9.80. The molecule has 9 heteroatoms. The van der Waals surface area contributed by atoms with Gasteiger partial charge in [-0.3, -0.25) is 0 Å². The Hall–Kier alpha value is -0.410. The summed E-state index contributed by atoms with van der Waals surface area (Å²) in [6.45, 7) is 1.52.